The van der Waals surface area contributed by atoms with Crippen molar-refractivity contribution in [2.45, 2.75) is 37.9 Å². The van der Waals surface area contributed by atoms with Gasteiger partial charge in [0, 0.05) is 24.8 Å². The fraction of sp³-hybridized carbons (Fsp3) is 0.316. The zero-order valence-electron chi connectivity index (χ0n) is 12.5. The minimum Gasteiger partial charge on any atom is -0.289 e. The first kappa shape index (κ1) is 14.0. The van der Waals surface area contributed by atoms with E-state index in [0.717, 1.165) is 13.0 Å². The highest BCUT2D eigenvalue weighted by molar-refractivity contribution is 6.29. The molecule has 2 aromatic rings. The molecule has 0 spiro atoms. The first-order chi connectivity index (χ1) is 10.8. The van der Waals surface area contributed by atoms with Crippen LogP contribution in [0, 0.1) is 0 Å². The summed E-state index contributed by atoms with van der Waals surface area (Å²) in [5, 5.41) is 0.564. The molecule has 2 nitrogen and oxygen atoms in total. The Kier molecular flexibility index (Phi) is 3.73. The Hall–Kier alpha value is -1.64. The number of benzene rings is 1. The average Bonchev–Trinajstić information content (AvgIpc) is 2.79. The lowest BCUT2D eigenvalue weighted by Crippen LogP contribution is -2.37. The summed E-state index contributed by atoms with van der Waals surface area (Å²) in [6.45, 7) is 1.05. The van der Waals surface area contributed by atoms with Crippen molar-refractivity contribution in [1.82, 2.24) is 9.88 Å². The Morgan fingerprint density at radius 2 is 1.95 bits per heavy atom. The van der Waals surface area contributed by atoms with E-state index >= 15 is 0 Å². The van der Waals surface area contributed by atoms with Crippen molar-refractivity contribution >= 4 is 17.2 Å². The summed E-state index contributed by atoms with van der Waals surface area (Å²) in [4.78, 5) is 6.88. The zero-order valence-corrected chi connectivity index (χ0v) is 13.2. The van der Waals surface area contributed by atoms with Crippen molar-refractivity contribution in [3.63, 3.8) is 0 Å². The molecular weight excluding hydrogens is 292 g/mol. The molecule has 0 aliphatic carbocycles. The van der Waals surface area contributed by atoms with Gasteiger partial charge in [0.25, 0.3) is 0 Å². The lowest BCUT2D eigenvalue weighted by Gasteiger charge is -2.34. The molecule has 2 bridgehead atoms. The number of rotatable bonds is 3. The number of pyridine rings is 1. The molecule has 0 saturated carbocycles. The lowest BCUT2D eigenvalue weighted by molar-refractivity contribution is 0.203. The van der Waals surface area contributed by atoms with Crippen LogP contribution in [-0.2, 0) is 6.54 Å². The molecule has 2 unspecified atom stereocenters. The summed E-state index contributed by atoms with van der Waals surface area (Å²) in [7, 11) is 0. The second kappa shape index (κ2) is 5.86. The Morgan fingerprint density at radius 1 is 1.09 bits per heavy atom. The monoisotopic (exact) mass is 310 g/mol. The Morgan fingerprint density at radius 3 is 2.68 bits per heavy atom. The summed E-state index contributed by atoms with van der Waals surface area (Å²) >= 11 is 5.89. The Labute approximate surface area is 136 Å². The highest BCUT2D eigenvalue weighted by atomic mass is 35.5. The third kappa shape index (κ3) is 2.69. The minimum absolute atomic E-state index is 0.560. The summed E-state index contributed by atoms with van der Waals surface area (Å²) in [5.74, 6) is 0. The number of halogens is 1. The van der Waals surface area contributed by atoms with Crippen LogP contribution in [-0.4, -0.2) is 22.0 Å². The van der Waals surface area contributed by atoms with E-state index in [9.17, 15) is 0 Å². The van der Waals surface area contributed by atoms with E-state index in [1.165, 1.54) is 29.5 Å². The summed E-state index contributed by atoms with van der Waals surface area (Å²) < 4.78 is 0. The maximum atomic E-state index is 5.89. The molecule has 2 aliphatic rings. The maximum Gasteiger partial charge on any atom is 0.129 e. The highest BCUT2D eigenvalue weighted by Crippen LogP contribution is 2.39. The molecule has 112 valence electrons. The molecule has 2 atom stereocenters. The fourth-order valence-electron chi connectivity index (χ4n) is 3.74. The van der Waals surface area contributed by atoms with Crippen LogP contribution >= 0.6 is 11.6 Å². The van der Waals surface area contributed by atoms with Crippen molar-refractivity contribution in [2.24, 2.45) is 0 Å². The van der Waals surface area contributed by atoms with Crippen LogP contribution in [0.4, 0.5) is 0 Å². The standard InChI is InChI=1S/C19H19ClN2/c20-19-9-6-15(12-21-19)16-10-17-7-8-18(11-16)22(17)13-14-4-2-1-3-5-14/h1-6,9-10,12,17-18H,7-8,11,13H2. The molecule has 1 fully saturated rings. The number of hydrogen-bond donors (Lipinski definition) is 0. The number of aromatic nitrogens is 1. The van der Waals surface area contributed by atoms with Crippen LogP contribution in [0.15, 0.2) is 54.7 Å². The third-order valence-corrected chi connectivity index (χ3v) is 5.07. The SMILES string of the molecule is Clc1ccc(C2=CC3CCC(C2)N3Cc2ccccc2)cn1. The first-order valence-corrected chi connectivity index (χ1v) is 8.30. The second-order valence-corrected chi connectivity index (χ2v) is 6.61. The van der Waals surface area contributed by atoms with Crippen molar-refractivity contribution in [1.29, 1.82) is 0 Å². The Balaban J connectivity index is 1.56. The molecule has 3 heterocycles. The zero-order chi connectivity index (χ0) is 14.9. The van der Waals surface area contributed by atoms with Crippen LogP contribution in [0.25, 0.3) is 5.57 Å². The molecule has 3 heteroatoms. The molecular formula is C19H19ClN2. The quantitative estimate of drug-likeness (QED) is 0.773. The van der Waals surface area contributed by atoms with Crippen molar-refractivity contribution in [3.05, 3.63) is 71.0 Å². The number of hydrogen-bond acceptors (Lipinski definition) is 2. The molecule has 0 N–H and O–H groups in total. The van der Waals surface area contributed by atoms with E-state index in [-0.39, 0.29) is 0 Å². The molecule has 0 radical (unpaired) electrons. The van der Waals surface area contributed by atoms with Gasteiger partial charge >= 0.3 is 0 Å². The molecule has 4 rings (SSSR count). The smallest absolute Gasteiger partial charge is 0.129 e. The van der Waals surface area contributed by atoms with Gasteiger partial charge in [-0.15, -0.1) is 0 Å². The van der Waals surface area contributed by atoms with Crippen molar-refractivity contribution < 1.29 is 0 Å². The second-order valence-electron chi connectivity index (χ2n) is 6.22. The van der Waals surface area contributed by atoms with E-state index in [1.807, 2.05) is 12.3 Å². The topological polar surface area (TPSA) is 16.1 Å². The molecule has 1 aromatic heterocycles. The molecule has 1 aromatic carbocycles. The van der Waals surface area contributed by atoms with E-state index < -0.39 is 0 Å². The van der Waals surface area contributed by atoms with E-state index in [2.05, 4.69) is 52.4 Å². The van der Waals surface area contributed by atoms with Gasteiger partial charge in [-0.1, -0.05) is 54.1 Å². The largest absolute Gasteiger partial charge is 0.289 e. The molecule has 22 heavy (non-hydrogen) atoms. The summed E-state index contributed by atoms with van der Waals surface area (Å²) in [6.07, 6.45) is 8.02. The van der Waals surface area contributed by atoms with Gasteiger partial charge in [0.1, 0.15) is 5.15 Å². The van der Waals surface area contributed by atoms with Crippen LogP contribution in [0.1, 0.15) is 30.4 Å². The number of nitrogens with zero attached hydrogens (tertiary/aromatic N) is 2. The van der Waals surface area contributed by atoms with Crippen LogP contribution in [0.3, 0.4) is 0 Å². The van der Waals surface area contributed by atoms with Gasteiger partial charge in [-0.3, -0.25) is 4.90 Å². The maximum absolute atomic E-state index is 5.89. The minimum atomic E-state index is 0.560. The van der Waals surface area contributed by atoms with Crippen molar-refractivity contribution in [3.8, 4) is 0 Å². The highest BCUT2D eigenvalue weighted by Gasteiger charge is 2.36. The van der Waals surface area contributed by atoms with Gasteiger partial charge in [0.2, 0.25) is 0 Å². The van der Waals surface area contributed by atoms with E-state index in [0.29, 0.717) is 17.2 Å². The van der Waals surface area contributed by atoms with Gasteiger partial charge in [-0.25, -0.2) is 4.98 Å². The van der Waals surface area contributed by atoms with Gasteiger partial charge < -0.3 is 0 Å². The van der Waals surface area contributed by atoms with Gasteiger partial charge in [0.05, 0.1) is 0 Å². The predicted molar refractivity (Wildman–Crippen MR) is 90.6 cm³/mol. The lowest BCUT2D eigenvalue weighted by atomic mass is 9.95. The summed E-state index contributed by atoms with van der Waals surface area (Å²) in [5.41, 5.74) is 4.06. The van der Waals surface area contributed by atoms with Crippen LogP contribution < -0.4 is 0 Å². The molecule has 0 amide bonds. The predicted octanol–water partition coefficient (Wildman–Crippen LogP) is 4.56. The van der Waals surface area contributed by atoms with E-state index in [4.69, 9.17) is 11.6 Å². The third-order valence-electron chi connectivity index (χ3n) is 4.85. The number of fused-ring (bicyclic) bond motifs is 2. The first-order valence-electron chi connectivity index (χ1n) is 7.92. The molecule has 2 aliphatic heterocycles. The van der Waals surface area contributed by atoms with Gasteiger partial charge in [-0.2, -0.15) is 0 Å². The van der Waals surface area contributed by atoms with Gasteiger partial charge in [-0.05, 0) is 42.0 Å². The normalized spacial score (nSPS) is 24.3. The van der Waals surface area contributed by atoms with Crippen molar-refractivity contribution in [2.75, 3.05) is 0 Å². The molecule has 1 saturated heterocycles. The summed E-state index contributed by atoms with van der Waals surface area (Å²) in [6, 6.07) is 16.0. The van der Waals surface area contributed by atoms with Crippen LogP contribution in [0.5, 0.6) is 0 Å². The van der Waals surface area contributed by atoms with Gasteiger partial charge in [0.15, 0.2) is 0 Å². The van der Waals surface area contributed by atoms with E-state index in [1.54, 1.807) is 0 Å². The Bertz CT molecular complexity index is 678. The van der Waals surface area contributed by atoms with Crippen LogP contribution in [0.2, 0.25) is 5.15 Å². The average molecular weight is 311 g/mol. The fourth-order valence-corrected chi connectivity index (χ4v) is 3.85.